The molecule has 0 saturated heterocycles. The van der Waals surface area contributed by atoms with E-state index in [1.807, 2.05) is 6.07 Å². The SMILES string of the molecule is O=S(=O)(Nc1ccc(Nc2cccc(Cl)c2)nn1)c1ccccc1Cl. The van der Waals surface area contributed by atoms with E-state index < -0.39 is 10.0 Å². The lowest BCUT2D eigenvalue weighted by Gasteiger charge is -2.09. The molecule has 0 spiro atoms. The van der Waals surface area contributed by atoms with Crippen LogP contribution >= 0.6 is 23.2 Å². The maximum atomic E-state index is 12.3. The van der Waals surface area contributed by atoms with Gasteiger partial charge in [-0.3, -0.25) is 4.72 Å². The highest BCUT2D eigenvalue weighted by Crippen LogP contribution is 2.23. The van der Waals surface area contributed by atoms with Gasteiger partial charge in [0.05, 0.1) is 5.02 Å². The zero-order valence-corrected chi connectivity index (χ0v) is 15.0. The Kier molecular flexibility index (Phi) is 5.08. The Balaban J connectivity index is 1.75. The summed E-state index contributed by atoms with van der Waals surface area (Å²) in [5.74, 6) is 0.527. The van der Waals surface area contributed by atoms with Crippen molar-refractivity contribution >= 4 is 50.5 Å². The summed E-state index contributed by atoms with van der Waals surface area (Å²) < 4.78 is 27.0. The molecule has 128 valence electrons. The predicted molar refractivity (Wildman–Crippen MR) is 99.0 cm³/mol. The molecule has 0 saturated carbocycles. The standard InChI is InChI=1S/C16H12Cl2N4O2S/c17-11-4-3-5-12(10-11)19-15-8-9-16(21-20-15)22-25(23,24)14-7-2-1-6-13(14)18/h1-10H,(H,19,20)(H,21,22). The molecule has 2 N–H and O–H groups in total. The number of anilines is 3. The van der Waals surface area contributed by atoms with Crippen molar-refractivity contribution in [2.24, 2.45) is 0 Å². The monoisotopic (exact) mass is 394 g/mol. The molecule has 25 heavy (non-hydrogen) atoms. The van der Waals surface area contributed by atoms with Gasteiger partial charge in [0.2, 0.25) is 0 Å². The molecule has 0 amide bonds. The third kappa shape index (κ3) is 4.39. The van der Waals surface area contributed by atoms with E-state index in [2.05, 4.69) is 20.2 Å². The molecule has 6 nitrogen and oxygen atoms in total. The number of hydrogen-bond acceptors (Lipinski definition) is 5. The first kappa shape index (κ1) is 17.5. The van der Waals surface area contributed by atoms with Crippen molar-refractivity contribution in [3.8, 4) is 0 Å². The summed E-state index contributed by atoms with van der Waals surface area (Å²) >= 11 is 11.8. The molecule has 1 aromatic heterocycles. The molecule has 0 bridgehead atoms. The van der Waals surface area contributed by atoms with Crippen molar-refractivity contribution in [2.75, 3.05) is 10.0 Å². The largest absolute Gasteiger partial charge is 0.339 e. The molecule has 0 fully saturated rings. The normalized spacial score (nSPS) is 11.1. The van der Waals surface area contributed by atoms with E-state index in [1.165, 1.54) is 18.2 Å². The van der Waals surface area contributed by atoms with Gasteiger partial charge in [0.1, 0.15) is 4.90 Å². The molecule has 0 aliphatic rings. The van der Waals surface area contributed by atoms with Crippen LogP contribution in [-0.4, -0.2) is 18.6 Å². The highest BCUT2D eigenvalue weighted by Gasteiger charge is 2.18. The van der Waals surface area contributed by atoms with E-state index in [4.69, 9.17) is 23.2 Å². The van der Waals surface area contributed by atoms with E-state index in [-0.39, 0.29) is 15.7 Å². The first-order valence-corrected chi connectivity index (χ1v) is 9.32. The lowest BCUT2D eigenvalue weighted by Crippen LogP contribution is -2.14. The summed E-state index contributed by atoms with van der Waals surface area (Å²) in [6.07, 6.45) is 0. The molecule has 2 aromatic carbocycles. The number of hydrogen-bond donors (Lipinski definition) is 2. The molecule has 0 radical (unpaired) electrons. The topological polar surface area (TPSA) is 84.0 Å². The fraction of sp³-hybridized carbons (Fsp3) is 0. The third-order valence-corrected chi connectivity index (χ3v) is 5.22. The minimum absolute atomic E-state index is 0.0282. The molecule has 9 heteroatoms. The van der Waals surface area contributed by atoms with Gasteiger partial charge >= 0.3 is 0 Å². The Morgan fingerprint density at radius 3 is 2.24 bits per heavy atom. The zero-order valence-electron chi connectivity index (χ0n) is 12.6. The van der Waals surface area contributed by atoms with Crippen molar-refractivity contribution in [3.63, 3.8) is 0 Å². The minimum Gasteiger partial charge on any atom is -0.339 e. The molecular weight excluding hydrogens is 383 g/mol. The van der Waals surface area contributed by atoms with Crippen molar-refractivity contribution in [1.82, 2.24) is 10.2 Å². The van der Waals surface area contributed by atoms with Crippen LogP contribution < -0.4 is 10.0 Å². The average Bonchev–Trinajstić information content (AvgIpc) is 2.57. The Bertz CT molecular complexity index is 995. The van der Waals surface area contributed by atoms with E-state index in [0.29, 0.717) is 10.8 Å². The maximum absolute atomic E-state index is 12.3. The number of rotatable bonds is 5. The van der Waals surface area contributed by atoms with Crippen molar-refractivity contribution in [2.45, 2.75) is 4.90 Å². The van der Waals surface area contributed by atoms with Crippen LogP contribution in [0, 0.1) is 0 Å². The second-order valence-corrected chi connectivity index (χ2v) is 7.47. The Labute approximate surface area is 154 Å². The Morgan fingerprint density at radius 1 is 0.840 bits per heavy atom. The number of aromatic nitrogens is 2. The van der Waals surface area contributed by atoms with Crippen LogP contribution in [0.2, 0.25) is 10.0 Å². The molecule has 1 heterocycles. The quantitative estimate of drug-likeness (QED) is 0.672. The fourth-order valence-corrected chi connectivity index (χ4v) is 3.73. The molecule has 0 atom stereocenters. The van der Waals surface area contributed by atoms with Gasteiger partial charge in [-0.25, -0.2) is 8.42 Å². The zero-order chi connectivity index (χ0) is 17.9. The highest BCUT2D eigenvalue weighted by atomic mass is 35.5. The lowest BCUT2D eigenvalue weighted by molar-refractivity contribution is 0.601. The summed E-state index contributed by atoms with van der Waals surface area (Å²) in [7, 11) is -3.84. The molecule has 0 aliphatic carbocycles. The van der Waals surface area contributed by atoms with E-state index in [1.54, 1.807) is 36.4 Å². The van der Waals surface area contributed by atoms with E-state index in [9.17, 15) is 8.42 Å². The van der Waals surface area contributed by atoms with Gasteiger partial charge in [-0.05, 0) is 42.5 Å². The first-order chi connectivity index (χ1) is 11.9. The van der Waals surface area contributed by atoms with Crippen LogP contribution in [0.1, 0.15) is 0 Å². The number of halogens is 2. The van der Waals surface area contributed by atoms with Crippen LogP contribution in [0.3, 0.4) is 0 Å². The summed E-state index contributed by atoms with van der Waals surface area (Å²) in [6, 6.07) is 16.3. The molecule has 0 aliphatic heterocycles. The van der Waals surface area contributed by atoms with E-state index in [0.717, 1.165) is 5.69 Å². The summed E-state index contributed by atoms with van der Waals surface area (Å²) in [4.78, 5) is -0.0282. The summed E-state index contributed by atoms with van der Waals surface area (Å²) in [5, 5.41) is 11.5. The third-order valence-electron chi connectivity index (χ3n) is 3.13. The minimum atomic E-state index is -3.84. The maximum Gasteiger partial charge on any atom is 0.264 e. The Morgan fingerprint density at radius 2 is 1.56 bits per heavy atom. The molecule has 0 unspecified atom stereocenters. The number of sulfonamides is 1. The van der Waals surface area contributed by atoms with Crippen LogP contribution in [0.5, 0.6) is 0 Å². The van der Waals surface area contributed by atoms with Crippen LogP contribution in [0.15, 0.2) is 65.6 Å². The number of nitrogens with one attached hydrogen (secondary N) is 2. The van der Waals surface area contributed by atoms with Gasteiger partial charge in [0, 0.05) is 10.7 Å². The predicted octanol–water partition coefficient (Wildman–Crippen LogP) is 4.33. The molecule has 3 aromatic rings. The van der Waals surface area contributed by atoms with Gasteiger partial charge in [-0.2, -0.15) is 0 Å². The lowest BCUT2D eigenvalue weighted by atomic mass is 10.3. The van der Waals surface area contributed by atoms with Gasteiger partial charge < -0.3 is 5.32 Å². The second kappa shape index (κ2) is 7.26. The van der Waals surface area contributed by atoms with Crippen LogP contribution in [0.25, 0.3) is 0 Å². The Hall–Kier alpha value is -2.35. The van der Waals surface area contributed by atoms with Crippen molar-refractivity contribution in [3.05, 3.63) is 70.7 Å². The second-order valence-electron chi connectivity index (χ2n) is 4.98. The van der Waals surface area contributed by atoms with Gasteiger partial charge in [0.15, 0.2) is 11.6 Å². The van der Waals surface area contributed by atoms with Crippen LogP contribution in [-0.2, 0) is 10.0 Å². The van der Waals surface area contributed by atoms with Crippen molar-refractivity contribution < 1.29 is 8.42 Å². The van der Waals surface area contributed by atoms with Gasteiger partial charge in [0.25, 0.3) is 10.0 Å². The highest BCUT2D eigenvalue weighted by molar-refractivity contribution is 7.92. The molecule has 3 rings (SSSR count). The van der Waals surface area contributed by atoms with Crippen LogP contribution in [0.4, 0.5) is 17.3 Å². The summed E-state index contributed by atoms with van der Waals surface area (Å²) in [6.45, 7) is 0. The fourth-order valence-electron chi connectivity index (χ4n) is 2.02. The van der Waals surface area contributed by atoms with Gasteiger partial charge in [-0.15, -0.1) is 10.2 Å². The molecular formula is C16H12Cl2N4O2S. The number of nitrogens with zero attached hydrogens (tertiary/aromatic N) is 2. The average molecular weight is 395 g/mol. The number of benzene rings is 2. The summed E-state index contributed by atoms with van der Waals surface area (Å²) in [5.41, 5.74) is 0.742. The van der Waals surface area contributed by atoms with Crippen molar-refractivity contribution in [1.29, 1.82) is 0 Å². The smallest absolute Gasteiger partial charge is 0.264 e. The first-order valence-electron chi connectivity index (χ1n) is 7.08. The van der Waals surface area contributed by atoms with E-state index >= 15 is 0 Å². The van der Waals surface area contributed by atoms with Gasteiger partial charge in [-0.1, -0.05) is 41.4 Å².